The maximum atomic E-state index is 9.18. The Morgan fingerprint density at radius 1 is 0.826 bits per heavy atom. The van der Waals surface area contributed by atoms with E-state index in [2.05, 4.69) is 30.6 Å². The molecular formula is C20H42N2O. The van der Waals surface area contributed by atoms with E-state index in [0.29, 0.717) is 6.04 Å². The predicted molar refractivity (Wildman–Crippen MR) is 101 cm³/mol. The van der Waals surface area contributed by atoms with Crippen LogP contribution in [0.15, 0.2) is 0 Å². The number of rotatable bonds is 2. The smallest absolute Gasteiger partial charge is 0.0564 e. The third-order valence-electron chi connectivity index (χ3n) is 5.64. The van der Waals surface area contributed by atoms with Crippen molar-refractivity contribution in [2.24, 2.45) is 5.92 Å². The molecule has 23 heavy (non-hydrogen) atoms. The zero-order valence-corrected chi connectivity index (χ0v) is 16.4. The lowest BCUT2D eigenvalue weighted by molar-refractivity contribution is 0.0685. The molecule has 1 aliphatic carbocycles. The molecule has 3 fully saturated rings. The first-order chi connectivity index (χ1) is 11.1. The minimum Gasteiger partial charge on any atom is -0.393 e. The number of hydrogen-bond acceptors (Lipinski definition) is 3. The molecule has 0 radical (unpaired) electrons. The van der Waals surface area contributed by atoms with E-state index in [1.807, 2.05) is 13.8 Å². The van der Waals surface area contributed by atoms with Crippen LogP contribution in [0.4, 0.5) is 0 Å². The summed E-state index contributed by atoms with van der Waals surface area (Å²) in [5.41, 5.74) is 0. The third-order valence-corrected chi connectivity index (χ3v) is 5.64. The Hall–Kier alpha value is -0.120. The predicted octanol–water partition coefficient (Wildman–Crippen LogP) is 4.15. The quantitative estimate of drug-likeness (QED) is 0.826. The van der Waals surface area contributed by atoms with Gasteiger partial charge >= 0.3 is 0 Å². The molecule has 0 spiro atoms. The highest BCUT2D eigenvalue weighted by Gasteiger charge is 2.27. The average molecular weight is 327 g/mol. The van der Waals surface area contributed by atoms with E-state index in [9.17, 15) is 5.11 Å². The summed E-state index contributed by atoms with van der Waals surface area (Å²) in [5.74, 6) is 0.992. The van der Waals surface area contributed by atoms with E-state index in [1.165, 1.54) is 45.2 Å². The minimum absolute atomic E-state index is 0.0324. The molecule has 0 aromatic carbocycles. The summed E-state index contributed by atoms with van der Waals surface area (Å²) in [7, 11) is 0. The number of hydrogen-bond donors (Lipinski definition) is 1. The van der Waals surface area contributed by atoms with E-state index < -0.39 is 0 Å². The molecule has 0 aromatic rings. The lowest BCUT2D eigenvalue weighted by Gasteiger charge is -2.41. The Morgan fingerprint density at radius 2 is 1.35 bits per heavy atom. The van der Waals surface area contributed by atoms with Gasteiger partial charge in [-0.3, -0.25) is 0 Å². The fraction of sp³-hybridized carbons (Fsp3) is 1.00. The fourth-order valence-corrected chi connectivity index (χ4v) is 3.55. The number of likely N-dealkylation sites (tertiary alicyclic amines) is 2. The van der Waals surface area contributed by atoms with Gasteiger partial charge in [0, 0.05) is 25.2 Å². The van der Waals surface area contributed by atoms with E-state index in [4.69, 9.17) is 0 Å². The summed E-state index contributed by atoms with van der Waals surface area (Å²) in [6, 6.07) is 1.63. The van der Waals surface area contributed by atoms with Gasteiger partial charge in [0.15, 0.2) is 0 Å². The normalized spacial score (nSPS) is 25.2. The zero-order valence-electron chi connectivity index (χ0n) is 16.4. The molecule has 2 aliphatic heterocycles. The first-order valence-electron chi connectivity index (χ1n) is 10.2. The van der Waals surface area contributed by atoms with Gasteiger partial charge in [-0.25, -0.2) is 0 Å². The van der Waals surface area contributed by atoms with Gasteiger partial charge in [-0.2, -0.15) is 0 Å². The molecule has 1 N–H and O–H groups in total. The summed E-state index contributed by atoms with van der Waals surface area (Å²) >= 11 is 0. The molecule has 0 bridgehead atoms. The highest BCUT2D eigenvalue weighted by atomic mass is 16.3. The molecule has 0 unspecified atom stereocenters. The minimum atomic E-state index is -0.0324. The fourth-order valence-electron chi connectivity index (χ4n) is 3.55. The van der Waals surface area contributed by atoms with E-state index >= 15 is 0 Å². The number of aliphatic hydroxyl groups excluding tert-OH is 1. The average Bonchev–Trinajstić information content (AvgIpc) is 2.51. The second-order valence-corrected chi connectivity index (χ2v) is 7.66. The Labute approximate surface area is 145 Å². The molecule has 138 valence electrons. The highest BCUT2D eigenvalue weighted by molar-refractivity contribution is 4.82. The molecule has 2 saturated heterocycles. The first kappa shape index (κ1) is 20.9. The second-order valence-electron chi connectivity index (χ2n) is 7.66. The largest absolute Gasteiger partial charge is 0.393 e. The van der Waals surface area contributed by atoms with Crippen LogP contribution in [-0.2, 0) is 0 Å². The Morgan fingerprint density at radius 3 is 1.74 bits per heavy atom. The maximum Gasteiger partial charge on any atom is 0.0564 e. The summed E-state index contributed by atoms with van der Waals surface area (Å²) in [5, 5.41) is 9.18. The zero-order chi connectivity index (χ0) is 17.2. The molecule has 3 nitrogen and oxygen atoms in total. The first-order valence-corrected chi connectivity index (χ1v) is 10.2. The number of nitrogens with zero attached hydrogens (tertiary/aromatic N) is 2. The van der Waals surface area contributed by atoms with Crippen LogP contribution in [0, 0.1) is 5.92 Å². The van der Waals surface area contributed by atoms with Crippen molar-refractivity contribution in [2.45, 2.75) is 97.8 Å². The highest BCUT2D eigenvalue weighted by Crippen LogP contribution is 2.28. The monoisotopic (exact) mass is 326 g/mol. The van der Waals surface area contributed by atoms with Gasteiger partial charge in [0.2, 0.25) is 0 Å². The lowest BCUT2D eigenvalue weighted by Crippen LogP contribution is -2.44. The SMILES string of the molecule is CC.CC(C)N1CCC(O)CC1.CC1CCN(C2CCC2)CC1. The lowest BCUT2D eigenvalue weighted by atomic mass is 9.88. The Kier molecular flexibility index (Phi) is 10.4. The van der Waals surface area contributed by atoms with Crippen LogP contribution in [0.1, 0.15) is 79.6 Å². The van der Waals surface area contributed by atoms with Crippen molar-refractivity contribution in [1.82, 2.24) is 9.80 Å². The van der Waals surface area contributed by atoms with E-state index in [0.717, 1.165) is 37.9 Å². The van der Waals surface area contributed by atoms with Gasteiger partial charge in [-0.1, -0.05) is 27.2 Å². The van der Waals surface area contributed by atoms with Crippen LogP contribution in [0.2, 0.25) is 0 Å². The standard InChI is InChI=1S/C10H19N.C8H17NO.C2H6/c1-9-5-7-11(8-6-9)10-3-2-4-10;1-7(2)9-5-3-8(10)4-6-9;1-2/h9-10H,2-8H2,1H3;7-8,10H,3-6H2,1-2H3;1-2H3. The molecule has 3 aliphatic rings. The van der Waals surface area contributed by atoms with Crippen molar-refractivity contribution in [2.75, 3.05) is 26.2 Å². The van der Waals surface area contributed by atoms with Gasteiger partial charge in [0.25, 0.3) is 0 Å². The Balaban J connectivity index is 0.000000209. The molecule has 2 heterocycles. The molecule has 0 atom stereocenters. The molecule has 3 rings (SSSR count). The molecule has 0 amide bonds. The summed E-state index contributed by atoms with van der Waals surface area (Å²) in [6.07, 6.45) is 9.21. The van der Waals surface area contributed by atoms with Gasteiger partial charge in [-0.05, 0) is 71.4 Å². The second kappa shape index (κ2) is 11.4. The van der Waals surface area contributed by atoms with Crippen LogP contribution < -0.4 is 0 Å². The van der Waals surface area contributed by atoms with Crippen LogP contribution in [0.5, 0.6) is 0 Å². The topological polar surface area (TPSA) is 26.7 Å². The number of piperidine rings is 2. The summed E-state index contributed by atoms with van der Waals surface area (Å²) < 4.78 is 0. The van der Waals surface area contributed by atoms with Crippen LogP contribution in [-0.4, -0.2) is 59.3 Å². The van der Waals surface area contributed by atoms with Gasteiger partial charge in [0.05, 0.1) is 6.10 Å². The molecule has 1 saturated carbocycles. The van der Waals surface area contributed by atoms with Crippen molar-refractivity contribution in [1.29, 1.82) is 0 Å². The molecule has 0 aromatic heterocycles. The van der Waals surface area contributed by atoms with Crippen molar-refractivity contribution < 1.29 is 5.11 Å². The molecular weight excluding hydrogens is 284 g/mol. The van der Waals surface area contributed by atoms with Crippen LogP contribution in [0.3, 0.4) is 0 Å². The van der Waals surface area contributed by atoms with E-state index in [-0.39, 0.29) is 6.10 Å². The summed E-state index contributed by atoms with van der Waals surface area (Å²) in [6.45, 7) is 15.7. The van der Waals surface area contributed by atoms with Crippen molar-refractivity contribution in [3.8, 4) is 0 Å². The Bertz CT molecular complexity index is 275. The van der Waals surface area contributed by atoms with Crippen LogP contribution in [0.25, 0.3) is 0 Å². The summed E-state index contributed by atoms with van der Waals surface area (Å²) in [4.78, 5) is 5.12. The van der Waals surface area contributed by atoms with Gasteiger partial charge < -0.3 is 14.9 Å². The van der Waals surface area contributed by atoms with Gasteiger partial charge in [0.1, 0.15) is 0 Å². The van der Waals surface area contributed by atoms with E-state index in [1.54, 1.807) is 0 Å². The third kappa shape index (κ3) is 7.53. The van der Waals surface area contributed by atoms with Crippen LogP contribution >= 0.6 is 0 Å². The molecule has 3 heteroatoms. The van der Waals surface area contributed by atoms with Gasteiger partial charge in [-0.15, -0.1) is 0 Å². The number of aliphatic hydroxyl groups is 1. The van der Waals surface area contributed by atoms with Crippen molar-refractivity contribution in [3.05, 3.63) is 0 Å². The van der Waals surface area contributed by atoms with Crippen molar-refractivity contribution >= 4 is 0 Å². The van der Waals surface area contributed by atoms with Crippen molar-refractivity contribution in [3.63, 3.8) is 0 Å². The maximum absolute atomic E-state index is 9.18.